The molecule has 0 bridgehead atoms. The first kappa shape index (κ1) is 25.2. The molecule has 0 spiro atoms. The van der Waals surface area contributed by atoms with Gasteiger partial charge in [-0.2, -0.15) is 0 Å². The summed E-state index contributed by atoms with van der Waals surface area (Å²) < 4.78 is 30.1. The second-order valence-electron chi connectivity index (χ2n) is 7.76. The minimum atomic E-state index is -0.310. The Hall–Kier alpha value is -3.39. The van der Waals surface area contributed by atoms with Crippen LogP contribution >= 0.6 is 0 Å². The molecule has 0 aliphatic rings. The Labute approximate surface area is 199 Å². The van der Waals surface area contributed by atoms with Crippen LogP contribution < -0.4 is 14.8 Å². The summed E-state index contributed by atoms with van der Waals surface area (Å²) in [5.74, 6) is 1.91. The summed E-state index contributed by atoms with van der Waals surface area (Å²) in [6, 6.07) is 11.6. The minimum Gasteiger partial charge on any atom is -0.493 e. The SMILES string of the molecule is CCN(CC)CCOc1ccc(CNC(=O)CCc2ncc(-c3ccc(F)cc3)o2)cc1OC. The van der Waals surface area contributed by atoms with E-state index in [2.05, 4.69) is 29.0 Å². The summed E-state index contributed by atoms with van der Waals surface area (Å²) in [5.41, 5.74) is 1.65. The van der Waals surface area contributed by atoms with Gasteiger partial charge in [-0.05, 0) is 55.1 Å². The highest BCUT2D eigenvalue weighted by atomic mass is 19.1. The van der Waals surface area contributed by atoms with Crippen LogP contribution in [0, 0.1) is 5.82 Å². The summed E-state index contributed by atoms with van der Waals surface area (Å²) in [7, 11) is 1.60. The summed E-state index contributed by atoms with van der Waals surface area (Å²) >= 11 is 0. The number of hydrogen-bond acceptors (Lipinski definition) is 6. The van der Waals surface area contributed by atoms with Crippen molar-refractivity contribution in [3.63, 3.8) is 0 Å². The van der Waals surface area contributed by atoms with Gasteiger partial charge in [-0.3, -0.25) is 4.79 Å². The molecule has 182 valence electrons. The third kappa shape index (κ3) is 7.31. The third-order valence-electron chi connectivity index (χ3n) is 5.53. The molecule has 2 aromatic carbocycles. The number of rotatable bonds is 13. The van der Waals surface area contributed by atoms with Crippen molar-refractivity contribution in [2.24, 2.45) is 0 Å². The van der Waals surface area contributed by atoms with Crippen molar-refractivity contribution < 1.29 is 23.1 Å². The molecule has 3 aromatic rings. The number of likely N-dealkylation sites (N-methyl/N-ethyl adjacent to an activating group) is 1. The lowest BCUT2D eigenvalue weighted by Gasteiger charge is -2.19. The van der Waals surface area contributed by atoms with E-state index in [-0.39, 0.29) is 18.1 Å². The van der Waals surface area contributed by atoms with Gasteiger partial charge in [0.2, 0.25) is 5.91 Å². The van der Waals surface area contributed by atoms with Crippen LogP contribution in [-0.4, -0.2) is 49.1 Å². The largest absolute Gasteiger partial charge is 0.493 e. The number of amides is 1. The topological polar surface area (TPSA) is 76.8 Å². The molecule has 0 saturated carbocycles. The minimum absolute atomic E-state index is 0.111. The maximum atomic E-state index is 13.1. The number of halogens is 1. The number of ether oxygens (including phenoxy) is 2. The van der Waals surface area contributed by atoms with Gasteiger partial charge in [0, 0.05) is 31.5 Å². The third-order valence-corrected chi connectivity index (χ3v) is 5.53. The number of nitrogens with zero attached hydrogens (tertiary/aromatic N) is 2. The number of nitrogens with one attached hydrogen (secondary N) is 1. The molecule has 34 heavy (non-hydrogen) atoms. The van der Waals surface area contributed by atoms with E-state index in [0.717, 1.165) is 30.8 Å². The molecule has 0 unspecified atom stereocenters. The van der Waals surface area contributed by atoms with Gasteiger partial charge in [0.25, 0.3) is 0 Å². The zero-order chi connectivity index (χ0) is 24.3. The summed E-state index contributed by atoms with van der Waals surface area (Å²) in [4.78, 5) is 18.8. The van der Waals surface area contributed by atoms with Crippen LogP contribution in [0.15, 0.2) is 53.1 Å². The highest BCUT2D eigenvalue weighted by molar-refractivity contribution is 5.76. The van der Waals surface area contributed by atoms with Crippen LogP contribution in [0.3, 0.4) is 0 Å². The van der Waals surface area contributed by atoms with Gasteiger partial charge in [0.1, 0.15) is 12.4 Å². The zero-order valence-corrected chi connectivity index (χ0v) is 20.0. The molecule has 0 fully saturated rings. The Morgan fingerprint density at radius 1 is 1.12 bits per heavy atom. The molecular formula is C26H32FN3O4. The van der Waals surface area contributed by atoms with Gasteiger partial charge in [-0.1, -0.05) is 19.9 Å². The van der Waals surface area contributed by atoms with Crippen molar-refractivity contribution in [1.82, 2.24) is 15.2 Å². The molecule has 1 heterocycles. The standard InChI is InChI=1S/C26H32FN3O4/c1-4-30(5-2)14-15-33-22-11-6-19(16-23(22)32-3)17-28-25(31)12-13-26-29-18-24(34-26)20-7-9-21(27)10-8-20/h6-11,16,18H,4-5,12-15,17H2,1-3H3,(H,28,31). The summed E-state index contributed by atoms with van der Waals surface area (Å²) in [6.07, 6.45) is 2.20. The zero-order valence-electron chi connectivity index (χ0n) is 20.0. The molecular weight excluding hydrogens is 437 g/mol. The number of aromatic nitrogens is 1. The first-order chi connectivity index (χ1) is 16.5. The lowest BCUT2D eigenvalue weighted by molar-refractivity contribution is -0.121. The van der Waals surface area contributed by atoms with Gasteiger partial charge in [-0.15, -0.1) is 0 Å². The molecule has 0 aliphatic carbocycles. The van der Waals surface area contributed by atoms with Crippen molar-refractivity contribution >= 4 is 5.91 Å². The van der Waals surface area contributed by atoms with Crippen molar-refractivity contribution in [3.8, 4) is 22.8 Å². The van der Waals surface area contributed by atoms with E-state index in [9.17, 15) is 9.18 Å². The molecule has 1 aromatic heterocycles. The molecule has 7 nitrogen and oxygen atoms in total. The fraction of sp³-hybridized carbons (Fsp3) is 0.385. The number of carbonyl (C=O) groups is 1. The Morgan fingerprint density at radius 3 is 2.59 bits per heavy atom. The number of benzene rings is 2. The van der Waals surface area contributed by atoms with Gasteiger partial charge in [-0.25, -0.2) is 9.37 Å². The molecule has 0 saturated heterocycles. The highest BCUT2D eigenvalue weighted by Gasteiger charge is 2.11. The number of aryl methyl sites for hydroxylation is 1. The Morgan fingerprint density at radius 2 is 1.88 bits per heavy atom. The summed E-state index contributed by atoms with van der Waals surface area (Å²) in [6.45, 7) is 8.04. The van der Waals surface area contributed by atoms with E-state index < -0.39 is 0 Å². The predicted octanol–water partition coefficient (Wildman–Crippen LogP) is 4.46. The first-order valence-electron chi connectivity index (χ1n) is 11.5. The van der Waals surface area contributed by atoms with Gasteiger partial charge in [0.15, 0.2) is 23.1 Å². The van der Waals surface area contributed by atoms with E-state index in [1.54, 1.807) is 25.4 Å². The second kappa shape index (κ2) is 12.7. The summed E-state index contributed by atoms with van der Waals surface area (Å²) in [5, 5.41) is 2.90. The van der Waals surface area contributed by atoms with Crippen LogP contribution in [0.2, 0.25) is 0 Å². The number of methoxy groups -OCH3 is 1. The van der Waals surface area contributed by atoms with E-state index >= 15 is 0 Å². The maximum Gasteiger partial charge on any atom is 0.220 e. The molecule has 8 heteroatoms. The van der Waals surface area contributed by atoms with E-state index in [1.165, 1.54) is 12.1 Å². The van der Waals surface area contributed by atoms with Crippen LogP contribution in [0.25, 0.3) is 11.3 Å². The van der Waals surface area contributed by atoms with Crippen LogP contribution in [0.1, 0.15) is 31.7 Å². The lowest BCUT2D eigenvalue weighted by Crippen LogP contribution is -2.28. The first-order valence-corrected chi connectivity index (χ1v) is 11.5. The van der Waals surface area contributed by atoms with E-state index in [4.69, 9.17) is 13.9 Å². The van der Waals surface area contributed by atoms with E-state index in [0.29, 0.717) is 42.7 Å². The maximum absolute atomic E-state index is 13.1. The second-order valence-corrected chi connectivity index (χ2v) is 7.76. The number of carbonyl (C=O) groups excluding carboxylic acids is 1. The quantitative estimate of drug-likeness (QED) is 0.398. The Kier molecular flexibility index (Phi) is 9.46. The fourth-order valence-corrected chi connectivity index (χ4v) is 3.45. The monoisotopic (exact) mass is 469 g/mol. The van der Waals surface area contributed by atoms with Crippen molar-refractivity contribution in [2.45, 2.75) is 33.2 Å². The Bertz CT molecular complexity index is 1050. The molecule has 0 atom stereocenters. The molecule has 3 rings (SSSR count). The Balaban J connectivity index is 1.45. The van der Waals surface area contributed by atoms with Gasteiger partial charge >= 0.3 is 0 Å². The van der Waals surface area contributed by atoms with Gasteiger partial charge < -0.3 is 24.1 Å². The molecule has 1 amide bonds. The van der Waals surface area contributed by atoms with Crippen molar-refractivity contribution in [3.05, 3.63) is 65.9 Å². The lowest BCUT2D eigenvalue weighted by atomic mass is 10.2. The van der Waals surface area contributed by atoms with E-state index in [1.807, 2.05) is 18.2 Å². The normalized spacial score (nSPS) is 11.0. The smallest absolute Gasteiger partial charge is 0.220 e. The van der Waals surface area contributed by atoms with Crippen molar-refractivity contribution in [2.75, 3.05) is 33.4 Å². The highest BCUT2D eigenvalue weighted by Crippen LogP contribution is 2.28. The fourth-order valence-electron chi connectivity index (χ4n) is 3.45. The molecule has 1 N–H and O–H groups in total. The van der Waals surface area contributed by atoms with Crippen LogP contribution in [0.4, 0.5) is 4.39 Å². The molecule has 0 aliphatic heterocycles. The number of hydrogen-bond donors (Lipinski definition) is 1. The molecule has 0 radical (unpaired) electrons. The number of oxazole rings is 1. The van der Waals surface area contributed by atoms with Crippen LogP contribution in [-0.2, 0) is 17.8 Å². The van der Waals surface area contributed by atoms with Crippen LogP contribution in [0.5, 0.6) is 11.5 Å². The van der Waals surface area contributed by atoms with Crippen molar-refractivity contribution in [1.29, 1.82) is 0 Å². The average Bonchev–Trinajstić information content (AvgIpc) is 3.34. The predicted molar refractivity (Wildman–Crippen MR) is 128 cm³/mol. The average molecular weight is 470 g/mol. The van der Waals surface area contributed by atoms with Gasteiger partial charge in [0.05, 0.1) is 13.3 Å².